The lowest BCUT2D eigenvalue weighted by molar-refractivity contribution is 1.11. The van der Waals surface area contributed by atoms with Gasteiger partial charge in [-0.05, 0) is 0 Å². The van der Waals surface area contributed by atoms with Crippen molar-refractivity contribution < 1.29 is 0 Å². The van der Waals surface area contributed by atoms with Crippen LogP contribution in [-0.2, 0) is 0 Å². The van der Waals surface area contributed by atoms with Crippen LogP contribution in [0.4, 0.5) is 5.82 Å². The number of hydrogen-bond donors (Lipinski definition) is 1. The molecule has 0 saturated carbocycles. The van der Waals surface area contributed by atoms with E-state index in [1.165, 1.54) is 0 Å². The van der Waals surface area contributed by atoms with Crippen LogP contribution in [0.15, 0.2) is 29.8 Å². The molecule has 0 saturated heterocycles. The third-order valence-electron chi connectivity index (χ3n) is 1.53. The van der Waals surface area contributed by atoms with E-state index >= 15 is 0 Å². The van der Waals surface area contributed by atoms with Gasteiger partial charge in [0.2, 0.25) is 0 Å². The number of hydrogen-bond acceptors (Lipinski definition) is 3. The van der Waals surface area contributed by atoms with Crippen molar-refractivity contribution in [1.82, 2.24) is 9.97 Å². The van der Waals surface area contributed by atoms with Crippen LogP contribution in [0.2, 0.25) is 0 Å². The summed E-state index contributed by atoms with van der Waals surface area (Å²) in [7, 11) is 0. The van der Waals surface area contributed by atoms with Gasteiger partial charge < -0.3 is 9.88 Å². The number of nitrogens with zero attached hydrogens (tertiary/aromatic N) is 3. The van der Waals surface area contributed by atoms with Crippen LogP contribution >= 0.6 is 0 Å². The average Bonchev–Trinajstić information content (AvgIpc) is 2.55. The van der Waals surface area contributed by atoms with Crippen molar-refractivity contribution in [2.24, 2.45) is 4.99 Å². The second-order valence-corrected chi connectivity index (χ2v) is 2.38. The summed E-state index contributed by atoms with van der Waals surface area (Å²) >= 11 is 0. The predicted molar refractivity (Wildman–Crippen MR) is 43.6 cm³/mol. The highest BCUT2D eigenvalue weighted by Gasteiger charge is 2.10. The molecule has 4 nitrogen and oxygen atoms in total. The summed E-state index contributed by atoms with van der Waals surface area (Å²) in [5.41, 5.74) is 0.875. The Morgan fingerprint density at radius 1 is 1.64 bits per heavy atom. The minimum atomic E-state index is 0.752. The summed E-state index contributed by atoms with van der Waals surface area (Å²) in [5, 5.41) is 0. The number of aromatic amines is 1. The molecule has 0 atom stereocenters. The number of anilines is 1. The lowest BCUT2D eigenvalue weighted by Crippen LogP contribution is -2.17. The van der Waals surface area contributed by atoms with Gasteiger partial charge in [-0.3, -0.25) is 0 Å². The molecule has 56 valence electrons. The van der Waals surface area contributed by atoms with Gasteiger partial charge in [0.1, 0.15) is 5.82 Å². The second-order valence-electron chi connectivity index (χ2n) is 2.38. The monoisotopic (exact) mass is 148 g/mol. The molecule has 4 heteroatoms. The van der Waals surface area contributed by atoms with Crippen LogP contribution < -0.4 is 4.90 Å². The number of nitrogens with one attached hydrogen (secondary N) is 1. The first-order chi connectivity index (χ1) is 5.36. The Balaban J connectivity index is 2.21. The van der Waals surface area contributed by atoms with Crippen LogP contribution in [0.5, 0.6) is 0 Å². The molecule has 0 fully saturated rings. The van der Waals surface area contributed by atoms with E-state index in [0.29, 0.717) is 0 Å². The van der Waals surface area contributed by atoms with Crippen molar-refractivity contribution in [3.05, 3.63) is 24.8 Å². The first kappa shape index (κ1) is 6.15. The molecule has 1 aliphatic heterocycles. The number of H-pyrrole nitrogens is 1. The van der Waals surface area contributed by atoms with Gasteiger partial charge >= 0.3 is 0 Å². The van der Waals surface area contributed by atoms with E-state index in [1.54, 1.807) is 18.9 Å². The zero-order chi connectivity index (χ0) is 7.68. The second kappa shape index (κ2) is 2.23. The third-order valence-corrected chi connectivity index (χ3v) is 1.53. The molecule has 11 heavy (non-hydrogen) atoms. The standard InChI is InChI=1S/C7H8N4/c1-6-3-11(5-10-6)7-2-8-4-9-7/h2,4-5H,1,3H2,(H,8,9). The van der Waals surface area contributed by atoms with Crippen molar-refractivity contribution in [3.8, 4) is 0 Å². The van der Waals surface area contributed by atoms with Crippen molar-refractivity contribution in [3.63, 3.8) is 0 Å². The first-order valence-corrected chi connectivity index (χ1v) is 3.33. The summed E-state index contributed by atoms with van der Waals surface area (Å²) in [6.45, 7) is 4.49. The van der Waals surface area contributed by atoms with Crippen molar-refractivity contribution in [1.29, 1.82) is 0 Å². The van der Waals surface area contributed by atoms with Crippen LogP contribution in [-0.4, -0.2) is 22.9 Å². The lowest BCUT2D eigenvalue weighted by atomic mass is 10.5. The van der Waals surface area contributed by atoms with E-state index < -0.39 is 0 Å². The molecule has 0 spiro atoms. The summed E-state index contributed by atoms with van der Waals surface area (Å²) in [6.07, 6.45) is 5.14. The van der Waals surface area contributed by atoms with Gasteiger partial charge in [0.05, 0.1) is 31.1 Å². The predicted octanol–water partition coefficient (Wildman–Crippen LogP) is 0.772. The molecule has 1 aromatic rings. The zero-order valence-corrected chi connectivity index (χ0v) is 5.99. The fourth-order valence-electron chi connectivity index (χ4n) is 0.983. The molecule has 1 aromatic heterocycles. The average molecular weight is 148 g/mol. The van der Waals surface area contributed by atoms with Crippen LogP contribution in [0, 0.1) is 0 Å². The summed E-state index contributed by atoms with van der Waals surface area (Å²) in [6, 6.07) is 0. The molecule has 1 aliphatic rings. The smallest absolute Gasteiger partial charge is 0.131 e. The normalized spacial score (nSPS) is 16.4. The highest BCUT2D eigenvalue weighted by molar-refractivity contribution is 5.81. The SMILES string of the molecule is C=C1CN(c2cnc[nH]2)C=N1. The first-order valence-electron chi connectivity index (χ1n) is 3.33. The van der Waals surface area contributed by atoms with Crippen molar-refractivity contribution in [2.75, 3.05) is 11.4 Å². The number of aromatic nitrogens is 2. The molecule has 0 aliphatic carbocycles. The van der Waals surface area contributed by atoms with E-state index in [2.05, 4.69) is 21.5 Å². The molecular weight excluding hydrogens is 140 g/mol. The van der Waals surface area contributed by atoms with Crippen molar-refractivity contribution >= 4 is 12.2 Å². The van der Waals surface area contributed by atoms with Crippen molar-refractivity contribution in [2.45, 2.75) is 0 Å². The van der Waals surface area contributed by atoms with Gasteiger partial charge in [-0.15, -0.1) is 0 Å². The Bertz CT molecular complexity index is 285. The van der Waals surface area contributed by atoms with Crippen LogP contribution in [0.25, 0.3) is 0 Å². The Morgan fingerprint density at radius 3 is 3.09 bits per heavy atom. The van der Waals surface area contributed by atoms with E-state index in [0.717, 1.165) is 18.1 Å². The lowest BCUT2D eigenvalue weighted by Gasteiger charge is -2.08. The Hall–Kier alpha value is -1.58. The highest BCUT2D eigenvalue weighted by Crippen LogP contribution is 2.13. The van der Waals surface area contributed by atoms with Crippen LogP contribution in [0.1, 0.15) is 0 Å². The van der Waals surface area contributed by atoms with E-state index in [4.69, 9.17) is 0 Å². The quantitative estimate of drug-likeness (QED) is 0.639. The van der Waals surface area contributed by atoms with Gasteiger partial charge in [0.15, 0.2) is 0 Å². The van der Waals surface area contributed by atoms with Gasteiger partial charge in [0.25, 0.3) is 0 Å². The molecule has 0 aromatic carbocycles. The zero-order valence-electron chi connectivity index (χ0n) is 5.99. The van der Waals surface area contributed by atoms with Gasteiger partial charge in [-0.25, -0.2) is 9.98 Å². The number of aliphatic imine (C=N–C) groups is 1. The molecule has 0 amide bonds. The molecule has 0 radical (unpaired) electrons. The number of rotatable bonds is 1. The van der Waals surface area contributed by atoms with Crippen LogP contribution in [0.3, 0.4) is 0 Å². The molecule has 1 N–H and O–H groups in total. The Kier molecular flexibility index (Phi) is 1.25. The van der Waals surface area contributed by atoms with Gasteiger partial charge in [-0.1, -0.05) is 6.58 Å². The molecule has 0 bridgehead atoms. The number of imidazole rings is 1. The largest absolute Gasteiger partial charge is 0.331 e. The summed E-state index contributed by atoms with van der Waals surface area (Å²) in [4.78, 5) is 12.9. The van der Waals surface area contributed by atoms with E-state index in [1.807, 2.05) is 4.90 Å². The molecule has 0 unspecified atom stereocenters. The molecule has 2 rings (SSSR count). The maximum absolute atomic E-state index is 4.03. The van der Waals surface area contributed by atoms with Gasteiger partial charge in [0, 0.05) is 0 Å². The third kappa shape index (κ3) is 1.02. The summed E-state index contributed by atoms with van der Waals surface area (Å²) < 4.78 is 0. The Morgan fingerprint density at radius 2 is 2.55 bits per heavy atom. The van der Waals surface area contributed by atoms with E-state index in [-0.39, 0.29) is 0 Å². The Labute approximate surface area is 64.3 Å². The topological polar surface area (TPSA) is 44.3 Å². The minimum absolute atomic E-state index is 0.752. The fourth-order valence-corrected chi connectivity index (χ4v) is 0.983. The fraction of sp³-hybridized carbons (Fsp3) is 0.143. The van der Waals surface area contributed by atoms with Gasteiger partial charge in [-0.2, -0.15) is 0 Å². The maximum Gasteiger partial charge on any atom is 0.131 e. The maximum atomic E-state index is 4.03. The minimum Gasteiger partial charge on any atom is -0.331 e. The summed E-state index contributed by atoms with van der Waals surface area (Å²) in [5.74, 6) is 0.951. The molecular formula is C7H8N4. The van der Waals surface area contributed by atoms with E-state index in [9.17, 15) is 0 Å². The molecule has 2 heterocycles. The highest BCUT2D eigenvalue weighted by atomic mass is 15.3.